The number of nitrogens with zero attached hydrogens (tertiary/aromatic N) is 4. The van der Waals surface area contributed by atoms with Gasteiger partial charge in [-0.05, 0) is 19.9 Å². The summed E-state index contributed by atoms with van der Waals surface area (Å²) in [4.78, 5) is 18.8. The zero-order valence-electron chi connectivity index (χ0n) is 14.2. The Morgan fingerprint density at radius 2 is 2.29 bits per heavy atom. The van der Waals surface area contributed by atoms with E-state index in [2.05, 4.69) is 15.4 Å². The molecule has 2 aliphatic rings. The van der Waals surface area contributed by atoms with E-state index in [1.165, 1.54) is 5.69 Å². The van der Waals surface area contributed by atoms with Crippen molar-refractivity contribution in [2.45, 2.75) is 39.1 Å². The molecule has 0 atom stereocenters. The normalized spacial score (nSPS) is 18.0. The first-order chi connectivity index (χ1) is 11.5. The number of carbonyl (C=O) groups excluding carboxylic acids is 1. The molecule has 0 spiro atoms. The lowest BCUT2D eigenvalue weighted by Crippen LogP contribution is -2.30. The Balaban J connectivity index is 1.67. The summed E-state index contributed by atoms with van der Waals surface area (Å²) in [6, 6.07) is 1.86. The number of hydrogen-bond donors (Lipinski definition) is 1. The van der Waals surface area contributed by atoms with Crippen molar-refractivity contribution in [1.82, 2.24) is 20.1 Å². The van der Waals surface area contributed by atoms with Gasteiger partial charge >= 0.3 is 5.97 Å². The molecule has 0 fully saturated rings. The highest BCUT2D eigenvalue weighted by molar-refractivity contribution is 5.99. The van der Waals surface area contributed by atoms with Crippen LogP contribution < -0.4 is 10.2 Å². The van der Waals surface area contributed by atoms with Gasteiger partial charge in [-0.2, -0.15) is 5.10 Å². The van der Waals surface area contributed by atoms with Crippen molar-refractivity contribution in [3.63, 3.8) is 0 Å². The van der Waals surface area contributed by atoms with Crippen LogP contribution in [0, 0.1) is 0 Å². The van der Waals surface area contributed by atoms with Gasteiger partial charge in [0.25, 0.3) is 0 Å². The molecule has 0 amide bonds. The van der Waals surface area contributed by atoms with E-state index in [-0.39, 0.29) is 5.97 Å². The Morgan fingerprint density at radius 3 is 3.12 bits per heavy atom. The molecule has 2 aromatic rings. The smallest absolute Gasteiger partial charge is 0.343 e. The predicted octanol–water partition coefficient (Wildman–Crippen LogP) is 1.42. The predicted molar refractivity (Wildman–Crippen MR) is 88.7 cm³/mol. The number of nitrogens with one attached hydrogen (secondary N) is 1. The molecule has 0 aromatic carbocycles. The maximum Gasteiger partial charge on any atom is 0.343 e. The molecule has 0 saturated heterocycles. The van der Waals surface area contributed by atoms with Gasteiger partial charge in [0.1, 0.15) is 17.0 Å². The highest BCUT2D eigenvalue weighted by Gasteiger charge is 2.40. The van der Waals surface area contributed by atoms with Crippen LogP contribution in [-0.2, 0) is 30.0 Å². The minimum absolute atomic E-state index is 0.302. The fourth-order valence-corrected chi connectivity index (χ4v) is 3.48. The van der Waals surface area contributed by atoms with Crippen LogP contribution in [0.25, 0.3) is 0 Å². The van der Waals surface area contributed by atoms with Gasteiger partial charge in [-0.15, -0.1) is 0 Å². The lowest BCUT2D eigenvalue weighted by molar-refractivity contribution is 0.00957. The summed E-state index contributed by atoms with van der Waals surface area (Å²) in [6.07, 6.45) is 3.65. The van der Waals surface area contributed by atoms with Gasteiger partial charge in [0, 0.05) is 44.0 Å². The van der Waals surface area contributed by atoms with E-state index in [0.717, 1.165) is 30.8 Å². The zero-order chi connectivity index (χ0) is 16.9. The quantitative estimate of drug-likeness (QED) is 0.860. The van der Waals surface area contributed by atoms with E-state index in [1.54, 1.807) is 6.20 Å². The lowest BCUT2D eigenvalue weighted by Gasteiger charge is -2.22. The molecule has 2 aliphatic heterocycles. The first kappa shape index (κ1) is 15.1. The third-order valence-electron chi connectivity index (χ3n) is 4.73. The second-order valence-electron chi connectivity index (χ2n) is 6.83. The number of fused-ring (bicyclic) bond motifs is 2. The number of ether oxygens (including phenoxy) is 1. The SMILES string of the molecule is CN(Cc1cnn2c1CNCC2)c1nccc2c1C(=O)OC2(C)C. The summed E-state index contributed by atoms with van der Waals surface area (Å²) in [5.74, 6) is 0.357. The Labute approximate surface area is 140 Å². The zero-order valence-corrected chi connectivity index (χ0v) is 14.2. The molecule has 1 N–H and O–H groups in total. The molecule has 0 radical (unpaired) electrons. The van der Waals surface area contributed by atoms with Gasteiger partial charge in [-0.1, -0.05) is 0 Å². The molecule has 0 unspecified atom stereocenters. The van der Waals surface area contributed by atoms with Crippen molar-refractivity contribution in [3.8, 4) is 0 Å². The maximum atomic E-state index is 12.3. The highest BCUT2D eigenvalue weighted by atomic mass is 16.6. The number of cyclic esters (lactones) is 1. The Bertz CT molecular complexity index is 811. The molecule has 7 nitrogen and oxygen atoms in total. The van der Waals surface area contributed by atoms with E-state index in [4.69, 9.17) is 4.74 Å². The van der Waals surface area contributed by atoms with E-state index >= 15 is 0 Å². The number of carbonyl (C=O) groups is 1. The Hall–Kier alpha value is -2.41. The molecular formula is C17H21N5O2. The first-order valence-corrected chi connectivity index (χ1v) is 8.15. The molecule has 126 valence electrons. The number of hydrogen-bond acceptors (Lipinski definition) is 6. The topological polar surface area (TPSA) is 72.3 Å². The van der Waals surface area contributed by atoms with Crippen LogP contribution in [0.3, 0.4) is 0 Å². The van der Waals surface area contributed by atoms with Gasteiger partial charge in [-0.25, -0.2) is 9.78 Å². The van der Waals surface area contributed by atoms with Gasteiger partial charge in [-0.3, -0.25) is 4.68 Å². The van der Waals surface area contributed by atoms with Gasteiger partial charge in [0.15, 0.2) is 0 Å². The van der Waals surface area contributed by atoms with Crippen LogP contribution in [0.5, 0.6) is 0 Å². The number of pyridine rings is 1. The number of esters is 1. The van der Waals surface area contributed by atoms with E-state index < -0.39 is 5.60 Å². The molecule has 0 saturated carbocycles. The van der Waals surface area contributed by atoms with E-state index in [9.17, 15) is 4.79 Å². The summed E-state index contributed by atoms with van der Waals surface area (Å²) >= 11 is 0. The Kier molecular flexibility index (Phi) is 3.35. The van der Waals surface area contributed by atoms with Crippen LogP contribution >= 0.6 is 0 Å². The van der Waals surface area contributed by atoms with Crippen LogP contribution in [0.15, 0.2) is 18.5 Å². The van der Waals surface area contributed by atoms with Crippen molar-refractivity contribution in [2.75, 3.05) is 18.5 Å². The minimum Gasteiger partial charge on any atom is -0.451 e. The summed E-state index contributed by atoms with van der Waals surface area (Å²) in [7, 11) is 1.95. The van der Waals surface area contributed by atoms with Gasteiger partial charge in [0.05, 0.1) is 18.4 Å². The fourth-order valence-electron chi connectivity index (χ4n) is 3.48. The standard InChI is InChI=1S/C17H21N5O2/c1-17(2)12-4-5-19-15(14(12)16(23)24-17)21(3)10-11-8-20-22-7-6-18-9-13(11)22/h4-5,8,18H,6-7,9-10H2,1-3H3. The van der Waals surface area contributed by atoms with E-state index in [0.29, 0.717) is 17.9 Å². The van der Waals surface area contributed by atoms with Crippen LogP contribution in [0.1, 0.15) is 41.0 Å². The Morgan fingerprint density at radius 1 is 1.46 bits per heavy atom. The largest absolute Gasteiger partial charge is 0.451 e. The van der Waals surface area contributed by atoms with Crippen molar-refractivity contribution in [2.24, 2.45) is 0 Å². The monoisotopic (exact) mass is 327 g/mol. The minimum atomic E-state index is -0.605. The molecule has 4 rings (SSSR count). The van der Waals surface area contributed by atoms with Crippen LogP contribution in [0.2, 0.25) is 0 Å². The molecule has 0 aliphatic carbocycles. The second-order valence-corrected chi connectivity index (χ2v) is 6.83. The first-order valence-electron chi connectivity index (χ1n) is 8.15. The number of rotatable bonds is 3. The average molecular weight is 327 g/mol. The van der Waals surface area contributed by atoms with Crippen LogP contribution in [-0.4, -0.2) is 34.3 Å². The lowest BCUT2D eigenvalue weighted by atomic mass is 9.97. The molecule has 4 heterocycles. The van der Waals surface area contributed by atoms with Gasteiger partial charge < -0.3 is 15.0 Å². The molecule has 2 aromatic heterocycles. The van der Waals surface area contributed by atoms with Crippen LogP contribution in [0.4, 0.5) is 5.82 Å². The molecular weight excluding hydrogens is 306 g/mol. The van der Waals surface area contributed by atoms with Crippen molar-refractivity contribution in [3.05, 3.63) is 40.8 Å². The second kappa shape index (κ2) is 5.31. The summed E-state index contributed by atoms with van der Waals surface area (Å²) in [5, 5.41) is 7.82. The molecule has 7 heteroatoms. The van der Waals surface area contributed by atoms with Crippen molar-refractivity contribution < 1.29 is 9.53 Å². The van der Waals surface area contributed by atoms with E-state index in [1.807, 2.05) is 42.7 Å². The summed E-state index contributed by atoms with van der Waals surface area (Å²) in [6.45, 7) is 7.10. The number of anilines is 1. The number of aromatic nitrogens is 3. The van der Waals surface area contributed by atoms with Gasteiger partial charge in [0.2, 0.25) is 0 Å². The summed E-state index contributed by atoms with van der Waals surface area (Å²) in [5.41, 5.74) is 3.21. The average Bonchev–Trinajstić information content (AvgIpc) is 3.06. The molecule has 0 bridgehead atoms. The maximum absolute atomic E-state index is 12.3. The van der Waals surface area contributed by atoms with Crippen molar-refractivity contribution >= 4 is 11.8 Å². The highest BCUT2D eigenvalue weighted by Crippen LogP contribution is 2.39. The summed E-state index contributed by atoms with van der Waals surface area (Å²) < 4.78 is 7.55. The third kappa shape index (κ3) is 2.27. The molecule has 24 heavy (non-hydrogen) atoms. The van der Waals surface area contributed by atoms with Crippen molar-refractivity contribution in [1.29, 1.82) is 0 Å². The third-order valence-corrected chi connectivity index (χ3v) is 4.73. The fraction of sp³-hybridized carbons (Fsp3) is 0.471.